The van der Waals surface area contributed by atoms with Gasteiger partial charge in [-0.2, -0.15) is 0 Å². The highest BCUT2D eigenvalue weighted by Gasteiger charge is 2.14. The summed E-state index contributed by atoms with van der Waals surface area (Å²) in [5.41, 5.74) is 1.25. The van der Waals surface area contributed by atoms with E-state index in [0.29, 0.717) is 22.8 Å². The number of carbonyl (C=O) groups excluding carboxylic acids is 2. The third-order valence-electron chi connectivity index (χ3n) is 8.83. The van der Waals surface area contributed by atoms with Crippen LogP contribution < -0.4 is 9.47 Å². The summed E-state index contributed by atoms with van der Waals surface area (Å²) in [4.78, 5) is 26.6. The maximum absolute atomic E-state index is 12.7. The Morgan fingerprint density at radius 3 is 1.74 bits per heavy atom. The number of rotatable bonds is 25. The van der Waals surface area contributed by atoms with Crippen molar-refractivity contribution in [2.24, 2.45) is 0 Å². The van der Waals surface area contributed by atoms with E-state index in [4.69, 9.17) is 14.2 Å². The first kappa shape index (κ1) is 40.9. The molecule has 0 saturated heterocycles. The molecule has 50 heavy (non-hydrogen) atoms. The minimum absolute atomic E-state index is 0.0921. The van der Waals surface area contributed by atoms with Gasteiger partial charge in [-0.05, 0) is 86.8 Å². The van der Waals surface area contributed by atoms with Gasteiger partial charge in [-0.25, -0.2) is 9.59 Å². The Morgan fingerprint density at radius 1 is 0.600 bits per heavy atom. The fraction of sp³-hybridized carbons (Fsp3) is 0.545. The minimum atomic E-state index is -0.421. The van der Waals surface area contributed by atoms with E-state index < -0.39 is 5.97 Å². The van der Waals surface area contributed by atoms with Crippen molar-refractivity contribution < 1.29 is 23.8 Å². The van der Waals surface area contributed by atoms with Gasteiger partial charge in [0.25, 0.3) is 0 Å². The van der Waals surface area contributed by atoms with Crippen molar-refractivity contribution in [1.29, 1.82) is 0 Å². The maximum Gasteiger partial charge on any atom is 0.348 e. The SMILES string of the molecule is CCCCCCCCCCCCCCCCOc1ccc(C(=O)Oc2ccc(C#Cc3ccc(C(=O)OC(C)CCCCCC)s3)cc2)cc1. The largest absolute Gasteiger partial charge is 0.494 e. The summed E-state index contributed by atoms with van der Waals surface area (Å²) in [6.45, 7) is 7.10. The van der Waals surface area contributed by atoms with E-state index in [1.807, 2.05) is 37.3 Å². The molecule has 0 radical (unpaired) electrons. The van der Waals surface area contributed by atoms with Crippen LogP contribution in [0.3, 0.4) is 0 Å². The van der Waals surface area contributed by atoms with Crippen LogP contribution >= 0.6 is 11.3 Å². The number of hydrogen-bond acceptors (Lipinski definition) is 6. The highest BCUT2D eigenvalue weighted by Crippen LogP contribution is 2.20. The predicted molar refractivity (Wildman–Crippen MR) is 208 cm³/mol. The van der Waals surface area contributed by atoms with E-state index >= 15 is 0 Å². The molecule has 3 aromatic rings. The number of benzene rings is 2. The molecule has 6 heteroatoms. The molecule has 272 valence electrons. The summed E-state index contributed by atoms with van der Waals surface area (Å²) in [5, 5.41) is 0. The summed E-state index contributed by atoms with van der Waals surface area (Å²) < 4.78 is 17.1. The third-order valence-corrected chi connectivity index (χ3v) is 9.81. The first-order chi connectivity index (χ1) is 24.5. The first-order valence-electron chi connectivity index (χ1n) is 19.4. The molecule has 1 aromatic heterocycles. The Kier molecular flexibility index (Phi) is 20.8. The molecule has 0 amide bonds. The molecule has 0 saturated carbocycles. The van der Waals surface area contributed by atoms with Gasteiger partial charge in [0.05, 0.1) is 23.2 Å². The highest BCUT2D eigenvalue weighted by molar-refractivity contribution is 7.14. The van der Waals surface area contributed by atoms with E-state index in [1.54, 1.807) is 30.3 Å². The van der Waals surface area contributed by atoms with Gasteiger partial charge >= 0.3 is 11.9 Å². The van der Waals surface area contributed by atoms with Gasteiger partial charge in [-0.1, -0.05) is 128 Å². The Balaban J connectivity index is 1.28. The van der Waals surface area contributed by atoms with Gasteiger partial charge in [-0.15, -0.1) is 11.3 Å². The summed E-state index contributed by atoms with van der Waals surface area (Å²) in [5.74, 6) is 6.73. The zero-order chi connectivity index (χ0) is 35.7. The predicted octanol–water partition coefficient (Wildman–Crippen LogP) is 12.7. The summed E-state index contributed by atoms with van der Waals surface area (Å²) >= 11 is 1.33. The Labute approximate surface area is 306 Å². The lowest BCUT2D eigenvalue weighted by atomic mass is 10.0. The molecular weight excluding hydrogens is 641 g/mol. The van der Waals surface area contributed by atoms with Gasteiger partial charge in [0.2, 0.25) is 0 Å². The van der Waals surface area contributed by atoms with Crippen LogP contribution in [0.1, 0.15) is 173 Å². The maximum atomic E-state index is 12.7. The van der Waals surface area contributed by atoms with Gasteiger partial charge in [-0.3, -0.25) is 0 Å². The highest BCUT2D eigenvalue weighted by atomic mass is 32.1. The van der Waals surface area contributed by atoms with Crippen molar-refractivity contribution in [3.8, 4) is 23.3 Å². The Morgan fingerprint density at radius 2 is 1.14 bits per heavy atom. The lowest BCUT2D eigenvalue weighted by molar-refractivity contribution is 0.0325. The minimum Gasteiger partial charge on any atom is -0.494 e. The van der Waals surface area contributed by atoms with Crippen LogP contribution in [-0.4, -0.2) is 24.6 Å². The second kappa shape index (κ2) is 25.4. The average Bonchev–Trinajstić information content (AvgIpc) is 3.61. The van der Waals surface area contributed by atoms with E-state index in [2.05, 4.69) is 25.7 Å². The molecule has 2 aromatic carbocycles. The van der Waals surface area contributed by atoms with Crippen molar-refractivity contribution in [2.45, 2.75) is 149 Å². The molecule has 0 aliphatic rings. The summed E-state index contributed by atoms with van der Waals surface area (Å²) in [7, 11) is 0. The van der Waals surface area contributed by atoms with Gasteiger partial charge in [0.1, 0.15) is 16.4 Å². The van der Waals surface area contributed by atoms with Gasteiger partial charge in [0, 0.05) is 5.56 Å². The molecule has 3 rings (SSSR count). The normalized spacial score (nSPS) is 11.4. The quantitative estimate of drug-likeness (QED) is 0.0381. The Bertz CT molecular complexity index is 1410. The number of ether oxygens (including phenoxy) is 3. The fourth-order valence-corrected chi connectivity index (χ4v) is 6.50. The number of unbranched alkanes of at least 4 members (excludes halogenated alkanes) is 16. The van der Waals surface area contributed by atoms with Crippen LogP contribution in [0.5, 0.6) is 11.5 Å². The molecular formula is C44H60O5S. The van der Waals surface area contributed by atoms with E-state index in [9.17, 15) is 9.59 Å². The molecule has 0 N–H and O–H groups in total. The van der Waals surface area contributed by atoms with Crippen molar-refractivity contribution in [2.75, 3.05) is 6.61 Å². The monoisotopic (exact) mass is 700 g/mol. The molecule has 1 atom stereocenters. The van der Waals surface area contributed by atoms with Crippen LogP contribution in [0, 0.1) is 11.8 Å². The fourth-order valence-electron chi connectivity index (χ4n) is 5.75. The van der Waals surface area contributed by atoms with Crippen LogP contribution in [0.25, 0.3) is 0 Å². The molecule has 0 spiro atoms. The smallest absolute Gasteiger partial charge is 0.348 e. The van der Waals surface area contributed by atoms with Crippen LogP contribution in [0.2, 0.25) is 0 Å². The van der Waals surface area contributed by atoms with Crippen LogP contribution in [0.15, 0.2) is 60.7 Å². The number of hydrogen-bond donors (Lipinski definition) is 0. The lowest BCUT2D eigenvalue weighted by Gasteiger charge is -2.12. The first-order valence-corrected chi connectivity index (χ1v) is 20.2. The molecule has 0 aliphatic heterocycles. The van der Waals surface area contributed by atoms with Crippen molar-refractivity contribution in [1.82, 2.24) is 0 Å². The molecule has 1 unspecified atom stereocenters. The standard InChI is InChI=1S/C44H60O5S/c1-4-6-8-10-11-12-13-14-15-16-17-18-19-21-35-47-39-30-26-38(27-31-39)43(45)49-40-28-23-37(24-29-40)25-32-41-33-34-42(50-41)44(46)48-36(3)22-20-9-7-5-2/h23-24,26-31,33-34,36H,4-22,35H2,1-3H3. The van der Waals surface area contributed by atoms with Crippen molar-refractivity contribution in [3.05, 3.63) is 81.5 Å². The van der Waals surface area contributed by atoms with E-state index in [1.165, 1.54) is 114 Å². The van der Waals surface area contributed by atoms with Gasteiger partial charge in [0.15, 0.2) is 0 Å². The Hall–Kier alpha value is -3.56. The summed E-state index contributed by atoms with van der Waals surface area (Å²) in [6.07, 6.45) is 24.2. The molecule has 5 nitrogen and oxygen atoms in total. The number of thiophene rings is 1. The zero-order valence-corrected chi connectivity index (χ0v) is 31.8. The summed E-state index contributed by atoms with van der Waals surface area (Å²) in [6, 6.07) is 17.8. The number of esters is 2. The third kappa shape index (κ3) is 17.4. The topological polar surface area (TPSA) is 61.8 Å². The molecule has 1 heterocycles. The second-order valence-electron chi connectivity index (χ2n) is 13.4. The lowest BCUT2D eigenvalue weighted by Crippen LogP contribution is -2.14. The van der Waals surface area contributed by atoms with E-state index in [-0.39, 0.29) is 12.1 Å². The molecule has 0 fully saturated rings. The number of carbonyl (C=O) groups is 2. The second-order valence-corrected chi connectivity index (χ2v) is 14.4. The van der Waals surface area contributed by atoms with E-state index in [0.717, 1.165) is 35.5 Å². The molecule has 0 bridgehead atoms. The van der Waals surface area contributed by atoms with Crippen LogP contribution in [-0.2, 0) is 4.74 Å². The van der Waals surface area contributed by atoms with Crippen molar-refractivity contribution >= 4 is 23.3 Å². The zero-order valence-electron chi connectivity index (χ0n) is 30.9. The van der Waals surface area contributed by atoms with Crippen LogP contribution in [0.4, 0.5) is 0 Å². The van der Waals surface area contributed by atoms with Gasteiger partial charge < -0.3 is 14.2 Å². The molecule has 0 aliphatic carbocycles. The average molecular weight is 701 g/mol. The van der Waals surface area contributed by atoms with Crippen molar-refractivity contribution in [3.63, 3.8) is 0 Å².